The molecule has 232 valence electrons. The van der Waals surface area contributed by atoms with Crippen molar-refractivity contribution in [1.82, 2.24) is 4.90 Å². The highest BCUT2D eigenvalue weighted by atomic mass is 19.4. The lowest BCUT2D eigenvalue weighted by molar-refractivity contribution is -0.167. The number of amides is 1. The first-order valence-electron chi connectivity index (χ1n) is 14.5. The van der Waals surface area contributed by atoms with Crippen LogP contribution in [0.1, 0.15) is 56.6 Å². The summed E-state index contributed by atoms with van der Waals surface area (Å²) in [7, 11) is 1.56. The molecule has 2 aromatic carbocycles. The summed E-state index contributed by atoms with van der Waals surface area (Å²) in [5.41, 5.74) is 3.03. The van der Waals surface area contributed by atoms with Gasteiger partial charge in [-0.3, -0.25) is 4.79 Å². The van der Waals surface area contributed by atoms with Crippen LogP contribution in [0.15, 0.2) is 36.4 Å². The zero-order valence-electron chi connectivity index (χ0n) is 24.1. The molecule has 1 saturated carbocycles. The number of morpholine rings is 1. The van der Waals surface area contributed by atoms with Crippen molar-refractivity contribution in [3.63, 3.8) is 0 Å². The smallest absolute Gasteiger partial charge is 0.416 e. The molecule has 4 rings (SSSR count). The summed E-state index contributed by atoms with van der Waals surface area (Å²) in [4.78, 5) is 15.0. The number of hydrogen-bond donors (Lipinski definition) is 2. The Hall–Kier alpha value is -2.73. The first-order valence-corrected chi connectivity index (χ1v) is 14.5. The molecule has 4 atom stereocenters. The predicted molar refractivity (Wildman–Crippen MR) is 149 cm³/mol. The number of aliphatic hydroxyl groups is 1. The van der Waals surface area contributed by atoms with Crippen LogP contribution < -0.4 is 10.5 Å². The average Bonchev–Trinajstić information content (AvgIpc) is 3.40. The molecule has 42 heavy (non-hydrogen) atoms. The SMILES string of the molecule is CCOc1cc(-c2c(F)cccc2[C@@](O)(CCCCOC)[C@H]2CN(C(=O)[C@@H]3CC[C@H](N)C3)CCO2)cc(C(F)(F)F)c1. The van der Waals surface area contributed by atoms with Crippen LogP contribution >= 0.6 is 0 Å². The number of halogens is 4. The van der Waals surface area contributed by atoms with Crippen molar-refractivity contribution in [3.05, 3.63) is 53.3 Å². The van der Waals surface area contributed by atoms with Crippen molar-refractivity contribution in [2.45, 2.75) is 69.4 Å². The van der Waals surface area contributed by atoms with Crippen molar-refractivity contribution in [1.29, 1.82) is 0 Å². The predicted octanol–water partition coefficient (Wildman–Crippen LogP) is 5.27. The number of hydrogen-bond acceptors (Lipinski definition) is 6. The van der Waals surface area contributed by atoms with E-state index in [1.54, 1.807) is 18.9 Å². The molecule has 7 nitrogen and oxygen atoms in total. The van der Waals surface area contributed by atoms with E-state index < -0.39 is 29.3 Å². The van der Waals surface area contributed by atoms with Gasteiger partial charge in [0.05, 0.1) is 25.3 Å². The van der Waals surface area contributed by atoms with E-state index in [4.69, 9.17) is 19.9 Å². The van der Waals surface area contributed by atoms with Crippen molar-refractivity contribution in [2.75, 3.05) is 40.0 Å². The molecule has 2 aromatic rings. The molecule has 1 aliphatic carbocycles. The van der Waals surface area contributed by atoms with E-state index >= 15 is 4.39 Å². The van der Waals surface area contributed by atoms with Crippen LogP contribution in [0.2, 0.25) is 0 Å². The summed E-state index contributed by atoms with van der Waals surface area (Å²) in [6, 6.07) is 7.10. The lowest BCUT2D eigenvalue weighted by Gasteiger charge is -2.43. The van der Waals surface area contributed by atoms with Crippen LogP contribution in [0, 0.1) is 11.7 Å². The fraction of sp³-hybridized carbons (Fsp3) is 0.581. The Morgan fingerprint density at radius 1 is 1.19 bits per heavy atom. The van der Waals surface area contributed by atoms with Crippen LogP contribution in [-0.4, -0.2) is 68.1 Å². The van der Waals surface area contributed by atoms with E-state index in [0.717, 1.165) is 24.6 Å². The fourth-order valence-corrected chi connectivity index (χ4v) is 6.08. The summed E-state index contributed by atoms with van der Waals surface area (Å²) >= 11 is 0. The molecule has 1 aliphatic heterocycles. The topological polar surface area (TPSA) is 94.2 Å². The number of alkyl halides is 3. The minimum absolute atomic E-state index is 0.0302. The Kier molecular flexibility index (Phi) is 10.5. The quantitative estimate of drug-likeness (QED) is 0.271. The summed E-state index contributed by atoms with van der Waals surface area (Å²) in [5.74, 6) is -1.13. The van der Waals surface area contributed by atoms with Gasteiger partial charge < -0.3 is 30.0 Å². The number of nitrogens with two attached hydrogens (primary N) is 1. The van der Waals surface area contributed by atoms with E-state index in [1.807, 2.05) is 0 Å². The summed E-state index contributed by atoms with van der Waals surface area (Å²) in [6.45, 7) is 2.71. The largest absolute Gasteiger partial charge is 0.494 e. The molecule has 2 fully saturated rings. The van der Waals surface area contributed by atoms with Gasteiger partial charge >= 0.3 is 6.18 Å². The van der Waals surface area contributed by atoms with Crippen molar-refractivity contribution < 1.29 is 41.7 Å². The maximum Gasteiger partial charge on any atom is 0.416 e. The molecule has 0 unspecified atom stereocenters. The summed E-state index contributed by atoms with van der Waals surface area (Å²) in [5, 5.41) is 12.4. The normalized spacial score (nSPS) is 22.7. The number of nitrogens with zero attached hydrogens (tertiary/aromatic N) is 1. The molecule has 1 heterocycles. The Balaban J connectivity index is 1.78. The highest BCUT2D eigenvalue weighted by molar-refractivity contribution is 5.79. The molecule has 1 amide bonds. The van der Waals surface area contributed by atoms with Gasteiger partial charge in [-0.1, -0.05) is 12.1 Å². The second-order valence-electron chi connectivity index (χ2n) is 11.1. The van der Waals surface area contributed by atoms with Gasteiger partial charge in [0.1, 0.15) is 23.3 Å². The van der Waals surface area contributed by atoms with Crippen molar-refractivity contribution in [2.24, 2.45) is 11.7 Å². The molecule has 0 bridgehead atoms. The molecule has 11 heteroatoms. The zero-order chi connectivity index (χ0) is 30.5. The first kappa shape index (κ1) is 32.2. The van der Waals surface area contributed by atoms with Gasteiger partial charge in [0.2, 0.25) is 5.91 Å². The molecule has 2 aliphatic rings. The Morgan fingerprint density at radius 2 is 1.98 bits per heavy atom. The molecular formula is C31H40F4N2O5. The van der Waals surface area contributed by atoms with Gasteiger partial charge in [0.15, 0.2) is 0 Å². The third-order valence-corrected chi connectivity index (χ3v) is 8.20. The fourth-order valence-electron chi connectivity index (χ4n) is 6.08. The van der Waals surface area contributed by atoms with Gasteiger partial charge in [0.25, 0.3) is 0 Å². The standard InChI is InChI=1S/C31H40F4N2O5/c1-3-41-24-17-21(15-22(18-24)31(33,34)35)28-25(7-6-8-26(28)32)30(39,11-4-5-13-40-2)27-19-37(12-14-42-27)29(38)20-9-10-23(36)16-20/h6-8,15,17-18,20,23,27,39H,3-5,9-14,16,19,36H2,1-2H3/t20-,23+,27-,30+/m1/s1. The number of rotatable bonds is 11. The lowest BCUT2D eigenvalue weighted by Crippen LogP contribution is -2.55. The van der Waals surface area contributed by atoms with Gasteiger partial charge in [0, 0.05) is 37.8 Å². The number of carbonyl (C=O) groups excluding carboxylic acids is 1. The average molecular weight is 597 g/mol. The van der Waals surface area contributed by atoms with Crippen LogP contribution in [0.25, 0.3) is 11.1 Å². The van der Waals surface area contributed by atoms with Gasteiger partial charge in [-0.2, -0.15) is 13.2 Å². The molecule has 0 radical (unpaired) electrons. The van der Waals surface area contributed by atoms with E-state index in [0.29, 0.717) is 38.8 Å². The van der Waals surface area contributed by atoms with Gasteiger partial charge in [-0.25, -0.2) is 4.39 Å². The van der Waals surface area contributed by atoms with E-state index in [9.17, 15) is 23.1 Å². The maximum absolute atomic E-state index is 15.7. The number of unbranched alkanes of at least 4 members (excludes halogenated alkanes) is 1. The maximum atomic E-state index is 15.7. The Morgan fingerprint density at radius 3 is 2.64 bits per heavy atom. The first-order chi connectivity index (χ1) is 20.0. The second-order valence-corrected chi connectivity index (χ2v) is 11.1. The summed E-state index contributed by atoms with van der Waals surface area (Å²) < 4.78 is 73.9. The third-order valence-electron chi connectivity index (χ3n) is 8.20. The Bertz CT molecular complexity index is 1230. The van der Waals surface area contributed by atoms with Crippen LogP contribution in [0.3, 0.4) is 0 Å². The molecule has 3 N–H and O–H groups in total. The van der Waals surface area contributed by atoms with E-state index in [2.05, 4.69) is 0 Å². The van der Waals surface area contributed by atoms with Crippen LogP contribution in [-0.2, 0) is 26.0 Å². The monoisotopic (exact) mass is 596 g/mol. The molecule has 0 aromatic heterocycles. The third kappa shape index (κ3) is 7.24. The van der Waals surface area contributed by atoms with Crippen LogP contribution in [0.5, 0.6) is 5.75 Å². The van der Waals surface area contributed by atoms with Crippen molar-refractivity contribution in [3.8, 4) is 16.9 Å². The zero-order valence-corrected chi connectivity index (χ0v) is 24.1. The number of ether oxygens (including phenoxy) is 3. The lowest BCUT2D eigenvalue weighted by atomic mass is 9.78. The molecular weight excluding hydrogens is 556 g/mol. The molecule has 1 saturated heterocycles. The number of benzene rings is 2. The van der Waals surface area contributed by atoms with Crippen molar-refractivity contribution >= 4 is 5.91 Å². The van der Waals surface area contributed by atoms with E-state index in [-0.39, 0.29) is 66.5 Å². The number of carbonyl (C=O) groups is 1. The Labute approximate surface area is 243 Å². The number of methoxy groups -OCH3 is 1. The summed E-state index contributed by atoms with van der Waals surface area (Å²) in [6.07, 6.45) is -2.48. The van der Waals surface area contributed by atoms with E-state index in [1.165, 1.54) is 18.2 Å². The minimum Gasteiger partial charge on any atom is -0.494 e. The highest BCUT2D eigenvalue weighted by Gasteiger charge is 2.45. The highest BCUT2D eigenvalue weighted by Crippen LogP contribution is 2.44. The van der Waals surface area contributed by atoms with Gasteiger partial charge in [-0.05, 0) is 80.8 Å². The molecule has 0 spiro atoms. The van der Waals surface area contributed by atoms with Crippen LogP contribution in [0.4, 0.5) is 17.6 Å². The second kappa shape index (κ2) is 13.7. The van der Waals surface area contributed by atoms with Gasteiger partial charge in [-0.15, -0.1) is 0 Å². The minimum atomic E-state index is -4.71.